The second kappa shape index (κ2) is 13.4. The smallest absolute Gasteiger partial charge is 0.133 e. The zero-order valence-corrected chi connectivity index (χ0v) is 8.83. The van der Waals surface area contributed by atoms with Crippen LogP contribution in [0.2, 0.25) is 0 Å². The minimum atomic E-state index is 0. The summed E-state index contributed by atoms with van der Waals surface area (Å²) < 4.78 is 0. The van der Waals surface area contributed by atoms with Crippen LogP contribution < -0.4 is 6.15 Å². The Hall–Kier alpha value is -0.200. The highest BCUT2D eigenvalue weighted by atomic mass is 32.2. The largest absolute Gasteiger partial charge is 0.344 e. The van der Waals surface area contributed by atoms with E-state index in [-0.39, 0.29) is 6.15 Å². The summed E-state index contributed by atoms with van der Waals surface area (Å²) in [6.45, 7) is 2.23. The highest BCUT2D eigenvalue weighted by Gasteiger charge is 1.89. The SMILES string of the molecule is CCCCCCCCSC#N.N. The zero-order chi connectivity index (χ0) is 8.36. The van der Waals surface area contributed by atoms with Crippen molar-refractivity contribution in [1.82, 2.24) is 6.15 Å². The van der Waals surface area contributed by atoms with Crippen molar-refractivity contribution in [3.05, 3.63) is 0 Å². The maximum atomic E-state index is 8.22. The van der Waals surface area contributed by atoms with Gasteiger partial charge in [-0.3, -0.25) is 0 Å². The standard InChI is InChI=1S/C9H17NS.H3N/c1-2-3-4-5-6-7-8-11-9-10;/h2-8H2,1H3;1H3. The third-order valence-electron chi connectivity index (χ3n) is 1.66. The van der Waals surface area contributed by atoms with Crippen LogP contribution in [0.3, 0.4) is 0 Å². The van der Waals surface area contributed by atoms with Crippen LogP contribution in [0.15, 0.2) is 0 Å². The van der Waals surface area contributed by atoms with Gasteiger partial charge in [0.2, 0.25) is 0 Å². The van der Waals surface area contributed by atoms with Crippen LogP contribution in [0, 0.1) is 10.7 Å². The lowest BCUT2D eigenvalue weighted by atomic mass is 10.1. The first-order chi connectivity index (χ1) is 5.41. The van der Waals surface area contributed by atoms with Crippen molar-refractivity contribution in [2.24, 2.45) is 0 Å². The average Bonchev–Trinajstić information content (AvgIpc) is 2.03. The maximum Gasteiger partial charge on any atom is 0.133 e. The minimum Gasteiger partial charge on any atom is -0.344 e. The Morgan fingerprint density at radius 1 is 1.08 bits per heavy atom. The van der Waals surface area contributed by atoms with Gasteiger partial charge in [0.1, 0.15) is 5.40 Å². The monoisotopic (exact) mass is 188 g/mol. The van der Waals surface area contributed by atoms with Crippen LogP contribution in [0.25, 0.3) is 0 Å². The Morgan fingerprint density at radius 2 is 1.67 bits per heavy atom. The van der Waals surface area contributed by atoms with Gasteiger partial charge in [-0.15, -0.1) is 0 Å². The summed E-state index contributed by atoms with van der Waals surface area (Å²) >= 11 is 1.38. The van der Waals surface area contributed by atoms with Crippen LogP contribution in [0.4, 0.5) is 0 Å². The summed E-state index contributed by atoms with van der Waals surface area (Å²) in [5.74, 6) is 1.02. The summed E-state index contributed by atoms with van der Waals surface area (Å²) in [6.07, 6.45) is 7.91. The van der Waals surface area contributed by atoms with Crippen molar-refractivity contribution >= 4 is 11.8 Å². The minimum absolute atomic E-state index is 0. The molecule has 0 spiro atoms. The number of hydrogen-bond acceptors (Lipinski definition) is 3. The van der Waals surface area contributed by atoms with Crippen molar-refractivity contribution in [1.29, 1.82) is 5.26 Å². The second-order valence-electron chi connectivity index (χ2n) is 2.71. The average molecular weight is 188 g/mol. The summed E-state index contributed by atoms with van der Waals surface area (Å²) in [6, 6.07) is 0. The Kier molecular flexibility index (Phi) is 16.0. The highest BCUT2D eigenvalue weighted by Crippen LogP contribution is 2.08. The fraction of sp³-hybridized carbons (Fsp3) is 0.889. The van der Waals surface area contributed by atoms with Gasteiger partial charge >= 0.3 is 0 Å². The molecule has 3 N–H and O–H groups in total. The molecule has 0 aromatic rings. The summed E-state index contributed by atoms with van der Waals surface area (Å²) in [7, 11) is 0. The maximum absolute atomic E-state index is 8.22. The number of hydrogen-bond donors (Lipinski definition) is 1. The Balaban J connectivity index is 0. The van der Waals surface area contributed by atoms with E-state index >= 15 is 0 Å². The number of rotatable bonds is 7. The van der Waals surface area contributed by atoms with Crippen LogP contribution in [-0.4, -0.2) is 5.75 Å². The summed E-state index contributed by atoms with van der Waals surface area (Å²) in [5.41, 5.74) is 0. The molecule has 0 atom stereocenters. The van der Waals surface area contributed by atoms with Gasteiger partial charge in [0.15, 0.2) is 0 Å². The molecule has 0 rings (SSSR count). The van der Waals surface area contributed by atoms with Crippen molar-refractivity contribution in [2.75, 3.05) is 5.75 Å². The molecular weight excluding hydrogens is 168 g/mol. The number of nitriles is 1. The predicted octanol–water partition coefficient (Wildman–Crippen LogP) is 3.72. The van der Waals surface area contributed by atoms with E-state index in [0.29, 0.717) is 0 Å². The molecule has 0 bridgehead atoms. The predicted molar refractivity (Wildman–Crippen MR) is 56.5 cm³/mol. The van der Waals surface area contributed by atoms with Crippen LogP contribution in [-0.2, 0) is 0 Å². The molecule has 0 saturated carbocycles. The molecule has 12 heavy (non-hydrogen) atoms. The lowest BCUT2D eigenvalue weighted by Crippen LogP contribution is -1.80. The molecule has 3 heteroatoms. The van der Waals surface area contributed by atoms with Crippen LogP contribution in [0.1, 0.15) is 45.4 Å². The number of thioether (sulfide) groups is 1. The van der Waals surface area contributed by atoms with E-state index in [2.05, 4.69) is 12.3 Å². The molecule has 0 aromatic heterocycles. The van der Waals surface area contributed by atoms with Crippen molar-refractivity contribution in [3.63, 3.8) is 0 Å². The molecule has 0 amide bonds. The molecule has 0 saturated heterocycles. The van der Waals surface area contributed by atoms with Crippen molar-refractivity contribution in [3.8, 4) is 5.40 Å². The van der Waals surface area contributed by atoms with E-state index in [1.165, 1.54) is 50.3 Å². The topological polar surface area (TPSA) is 58.8 Å². The Bertz CT molecular complexity index is 110. The van der Waals surface area contributed by atoms with Gasteiger partial charge in [-0.05, 0) is 18.2 Å². The molecule has 0 unspecified atom stereocenters. The van der Waals surface area contributed by atoms with Gasteiger partial charge < -0.3 is 6.15 Å². The summed E-state index contributed by atoms with van der Waals surface area (Å²) in [5, 5.41) is 10.3. The first-order valence-corrected chi connectivity index (χ1v) is 5.41. The third kappa shape index (κ3) is 12.5. The number of nitrogens with zero attached hydrogens (tertiary/aromatic N) is 1. The molecule has 0 heterocycles. The lowest BCUT2D eigenvalue weighted by molar-refractivity contribution is 0.627. The molecule has 0 radical (unpaired) electrons. The first kappa shape index (κ1) is 14.3. The molecule has 0 aliphatic carbocycles. The van der Waals surface area contributed by atoms with Gasteiger partial charge in [-0.1, -0.05) is 39.0 Å². The number of thiocyanates is 1. The Morgan fingerprint density at radius 3 is 2.25 bits per heavy atom. The van der Waals surface area contributed by atoms with Gasteiger partial charge in [-0.25, -0.2) is 0 Å². The van der Waals surface area contributed by atoms with Gasteiger partial charge in [-0.2, -0.15) is 5.26 Å². The van der Waals surface area contributed by atoms with Gasteiger partial charge in [0.05, 0.1) is 0 Å². The van der Waals surface area contributed by atoms with Crippen molar-refractivity contribution < 1.29 is 0 Å². The molecule has 0 fully saturated rings. The van der Waals surface area contributed by atoms with E-state index in [0.717, 1.165) is 5.75 Å². The molecule has 0 aliphatic rings. The van der Waals surface area contributed by atoms with Gasteiger partial charge in [0.25, 0.3) is 0 Å². The third-order valence-corrected chi connectivity index (χ3v) is 2.29. The van der Waals surface area contributed by atoms with Crippen LogP contribution in [0.5, 0.6) is 0 Å². The second-order valence-corrected chi connectivity index (χ2v) is 3.59. The fourth-order valence-electron chi connectivity index (χ4n) is 1.00. The lowest BCUT2D eigenvalue weighted by Gasteiger charge is -1.96. The molecular formula is C9H20N2S. The molecule has 0 aliphatic heterocycles. The molecule has 72 valence electrons. The quantitative estimate of drug-likeness (QED) is 0.489. The van der Waals surface area contributed by atoms with Gasteiger partial charge in [0, 0.05) is 5.75 Å². The highest BCUT2D eigenvalue weighted by molar-refractivity contribution is 8.03. The molecule has 2 nitrogen and oxygen atoms in total. The van der Waals surface area contributed by atoms with Crippen molar-refractivity contribution in [2.45, 2.75) is 45.4 Å². The van der Waals surface area contributed by atoms with E-state index in [9.17, 15) is 0 Å². The van der Waals surface area contributed by atoms with E-state index in [4.69, 9.17) is 5.26 Å². The first-order valence-electron chi connectivity index (χ1n) is 4.42. The normalized spacial score (nSPS) is 8.67. The fourth-order valence-corrected chi connectivity index (χ4v) is 1.44. The zero-order valence-electron chi connectivity index (χ0n) is 8.01. The van der Waals surface area contributed by atoms with E-state index in [1.807, 2.05) is 0 Å². The molecule has 0 aromatic carbocycles. The number of unbranched alkanes of at least 4 members (excludes halogenated alkanes) is 5. The van der Waals surface area contributed by atoms with E-state index < -0.39 is 0 Å². The van der Waals surface area contributed by atoms with Crippen LogP contribution >= 0.6 is 11.8 Å². The summed E-state index contributed by atoms with van der Waals surface area (Å²) in [4.78, 5) is 0. The van der Waals surface area contributed by atoms with E-state index in [1.54, 1.807) is 0 Å². The Labute approximate surface area is 80.3 Å².